The normalized spacial score (nSPS) is 13.4. The van der Waals surface area contributed by atoms with E-state index in [1.54, 1.807) is 19.1 Å². The maximum Gasteiger partial charge on any atom is 0.243 e. The van der Waals surface area contributed by atoms with Gasteiger partial charge in [0, 0.05) is 12.5 Å². The fourth-order valence-corrected chi connectivity index (χ4v) is 3.09. The van der Waals surface area contributed by atoms with Gasteiger partial charge in [0.25, 0.3) is 0 Å². The topological polar surface area (TPSA) is 59.3 Å². The number of benzene rings is 1. The molecule has 2 aromatic rings. The summed E-state index contributed by atoms with van der Waals surface area (Å²) in [5.41, 5.74) is 0. The smallest absolute Gasteiger partial charge is 0.243 e. The molecule has 102 valence electrons. The molecule has 0 radical (unpaired) electrons. The van der Waals surface area contributed by atoms with Gasteiger partial charge >= 0.3 is 0 Å². The van der Waals surface area contributed by atoms with E-state index in [0.717, 1.165) is 6.07 Å². The first-order valence-electron chi connectivity index (χ1n) is 5.78. The minimum atomic E-state index is -3.86. The summed E-state index contributed by atoms with van der Waals surface area (Å²) in [6.45, 7) is 1.70. The SMILES string of the molecule is C[C@H](Cc1ccco1)NS(=O)(=O)c1ccccc1F. The molecule has 2 rings (SSSR count). The van der Waals surface area contributed by atoms with Crippen molar-refractivity contribution < 1.29 is 17.2 Å². The van der Waals surface area contributed by atoms with E-state index >= 15 is 0 Å². The molecular weight excluding hydrogens is 269 g/mol. The maximum absolute atomic E-state index is 13.5. The Morgan fingerprint density at radius 2 is 2.00 bits per heavy atom. The second kappa shape index (κ2) is 5.54. The molecule has 4 nitrogen and oxygen atoms in total. The van der Waals surface area contributed by atoms with Crippen LogP contribution in [0.15, 0.2) is 52.0 Å². The Labute approximate surface area is 111 Å². The number of nitrogens with one attached hydrogen (secondary N) is 1. The largest absolute Gasteiger partial charge is 0.469 e. The van der Waals surface area contributed by atoms with E-state index in [0.29, 0.717) is 12.2 Å². The molecule has 0 aliphatic rings. The van der Waals surface area contributed by atoms with Crippen LogP contribution in [-0.4, -0.2) is 14.5 Å². The highest BCUT2D eigenvalue weighted by Crippen LogP contribution is 2.14. The second-order valence-corrected chi connectivity index (χ2v) is 5.92. The average molecular weight is 283 g/mol. The van der Waals surface area contributed by atoms with Crippen LogP contribution in [0.2, 0.25) is 0 Å². The van der Waals surface area contributed by atoms with Gasteiger partial charge < -0.3 is 4.42 Å². The third-order valence-corrected chi connectivity index (χ3v) is 4.19. The molecule has 6 heteroatoms. The lowest BCUT2D eigenvalue weighted by molar-refractivity contribution is 0.478. The van der Waals surface area contributed by atoms with Crippen molar-refractivity contribution in [3.8, 4) is 0 Å². The minimum Gasteiger partial charge on any atom is -0.469 e. The Bertz CT molecular complexity index is 638. The molecule has 1 atom stereocenters. The lowest BCUT2D eigenvalue weighted by Gasteiger charge is -2.13. The van der Waals surface area contributed by atoms with Gasteiger partial charge in [-0.25, -0.2) is 17.5 Å². The minimum absolute atomic E-state index is 0.346. The second-order valence-electron chi connectivity index (χ2n) is 4.24. The molecule has 1 heterocycles. The molecule has 1 aromatic heterocycles. The van der Waals surface area contributed by atoms with Crippen molar-refractivity contribution in [1.29, 1.82) is 0 Å². The van der Waals surface area contributed by atoms with E-state index in [2.05, 4.69) is 4.72 Å². The van der Waals surface area contributed by atoms with Crippen LogP contribution in [0.25, 0.3) is 0 Å². The summed E-state index contributed by atoms with van der Waals surface area (Å²) < 4.78 is 45.1. The van der Waals surface area contributed by atoms with Crippen molar-refractivity contribution in [3.05, 3.63) is 54.2 Å². The summed E-state index contributed by atoms with van der Waals surface area (Å²) in [7, 11) is -3.86. The van der Waals surface area contributed by atoms with E-state index in [9.17, 15) is 12.8 Å². The fraction of sp³-hybridized carbons (Fsp3) is 0.231. The molecule has 0 amide bonds. The first kappa shape index (κ1) is 13.8. The number of furan rings is 1. The van der Waals surface area contributed by atoms with Crippen LogP contribution in [0.4, 0.5) is 4.39 Å². The molecule has 0 aliphatic carbocycles. The Morgan fingerprint density at radius 3 is 2.63 bits per heavy atom. The van der Waals surface area contributed by atoms with E-state index < -0.39 is 21.9 Å². The van der Waals surface area contributed by atoms with E-state index in [1.807, 2.05) is 0 Å². The van der Waals surface area contributed by atoms with E-state index in [-0.39, 0.29) is 4.90 Å². The Kier molecular flexibility index (Phi) is 4.01. The number of sulfonamides is 1. The van der Waals surface area contributed by atoms with Crippen molar-refractivity contribution in [2.75, 3.05) is 0 Å². The van der Waals surface area contributed by atoms with Crippen LogP contribution in [0, 0.1) is 5.82 Å². The summed E-state index contributed by atoms with van der Waals surface area (Å²) in [5, 5.41) is 0. The summed E-state index contributed by atoms with van der Waals surface area (Å²) in [4.78, 5) is -0.346. The zero-order chi connectivity index (χ0) is 13.9. The first-order chi connectivity index (χ1) is 8.99. The Hall–Kier alpha value is -1.66. The highest BCUT2D eigenvalue weighted by atomic mass is 32.2. The standard InChI is InChI=1S/C13H14FNO3S/c1-10(9-11-5-4-8-18-11)15-19(16,17)13-7-3-2-6-12(13)14/h2-8,10,15H,9H2,1H3/t10-/m1/s1. The zero-order valence-electron chi connectivity index (χ0n) is 10.3. The Balaban J connectivity index is 2.11. The molecular formula is C13H14FNO3S. The first-order valence-corrected chi connectivity index (χ1v) is 7.26. The van der Waals surface area contributed by atoms with Crippen molar-refractivity contribution >= 4 is 10.0 Å². The molecule has 0 bridgehead atoms. The van der Waals surface area contributed by atoms with Gasteiger partial charge in [-0.05, 0) is 31.2 Å². The van der Waals surface area contributed by atoms with Crippen LogP contribution in [0.1, 0.15) is 12.7 Å². The Morgan fingerprint density at radius 1 is 1.26 bits per heavy atom. The molecule has 19 heavy (non-hydrogen) atoms. The van der Waals surface area contributed by atoms with Gasteiger partial charge in [0.2, 0.25) is 10.0 Å². The zero-order valence-corrected chi connectivity index (χ0v) is 11.2. The van der Waals surface area contributed by atoms with Crippen molar-refractivity contribution in [2.24, 2.45) is 0 Å². The van der Waals surface area contributed by atoms with Crippen LogP contribution in [0.3, 0.4) is 0 Å². The number of halogens is 1. The molecule has 1 aromatic carbocycles. The number of rotatable bonds is 5. The van der Waals surface area contributed by atoms with Crippen LogP contribution in [-0.2, 0) is 16.4 Å². The van der Waals surface area contributed by atoms with Crippen molar-refractivity contribution in [1.82, 2.24) is 4.72 Å². The van der Waals surface area contributed by atoms with Crippen LogP contribution in [0.5, 0.6) is 0 Å². The molecule has 1 N–H and O–H groups in total. The van der Waals surface area contributed by atoms with Crippen molar-refractivity contribution in [3.63, 3.8) is 0 Å². The lowest BCUT2D eigenvalue weighted by atomic mass is 10.2. The third-order valence-electron chi connectivity index (χ3n) is 2.57. The molecule has 0 fully saturated rings. The summed E-state index contributed by atoms with van der Waals surface area (Å²) in [6.07, 6.45) is 1.92. The highest BCUT2D eigenvalue weighted by molar-refractivity contribution is 7.89. The summed E-state index contributed by atoms with van der Waals surface area (Å²) in [5.74, 6) is -0.0936. The average Bonchev–Trinajstić information content (AvgIpc) is 2.81. The van der Waals surface area contributed by atoms with Crippen LogP contribution >= 0.6 is 0 Å². The molecule has 0 spiro atoms. The van der Waals surface area contributed by atoms with Crippen molar-refractivity contribution in [2.45, 2.75) is 24.3 Å². The third kappa shape index (κ3) is 3.42. The molecule has 0 saturated heterocycles. The fourth-order valence-electron chi connectivity index (χ4n) is 1.76. The number of hydrogen-bond donors (Lipinski definition) is 1. The van der Waals surface area contributed by atoms with Gasteiger partial charge in [0.05, 0.1) is 6.26 Å². The van der Waals surface area contributed by atoms with E-state index in [4.69, 9.17) is 4.42 Å². The molecule has 0 unspecified atom stereocenters. The predicted octanol–water partition coefficient (Wildman–Crippen LogP) is 2.33. The number of hydrogen-bond acceptors (Lipinski definition) is 3. The van der Waals surface area contributed by atoms with Gasteiger partial charge in [-0.15, -0.1) is 0 Å². The summed E-state index contributed by atoms with van der Waals surface area (Å²) >= 11 is 0. The van der Waals surface area contributed by atoms with Crippen LogP contribution < -0.4 is 4.72 Å². The molecule has 0 aliphatic heterocycles. The van der Waals surface area contributed by atoms with Gasteiger partial charge in [-0.3, -0.25) is 0 Å². The van der Waals surface area contributed by atoms with Gasteiger partial charge in [-0.1, -0.05) is 12.1 Å². The van der Waals surface area contributed by atoms with Gasteiger partial charge in [0.1, 0.15) is 16.5 Å². The van der Waals surface area contributed by atoms with Gasteiger partial charge in [0.15, 0.2) is 0 Å². The quantitative estimate of drug-likeness (QED) is 0.916. The monoisotopic (exact) mass is 283 g/mol. The maximum atomic E-state index is 13.5. The van der Waals surface area contributed by atoms with E-state index in [1.165, 1.54) is 24.5 Å². The van der Waals surface area contributed by atoms with Gasteiger partial charge in [-0.2, -0.15) is 0 Å². The lowest BCUT2D eigenvalue weighted by Crippen LogP contribution is -2.34. The highest BCUT2D eigenvalue weighted by Gasteiger charge is 2.21. The molecule has 0 saturated carbocycles. The predicted molar refractivity (Wildman–Crippen MR) is 68.6 cm³/mol. The summed E-state index contributed by atoms with van der Waals surface area (Å²) in [6, 6.07) is 8.37.